The SMILES string of the molecule is CCOC(=O)c1ccc(NC(=O)c2ccc3c(c2)N(Cc2ccccc2)C(=O)CS3=O)cc1. The van der Waals surface area contributed by atoms with Gasteiger partial charge in [0.25, 0.3) is 5.91 Å². The van der Waals surface area contributed by atoms with E-state index >= 15 is 0 Å². The Balaban J connectivity index is 1.57. The van der Waals surface area contributed by atoms with Gasteiger partial charge in [-0.25, -0.2) is 4.79 Å². The molecule has 3 aromatic rings. The Labute approximate surface area is 193 Å². The van der Waals surface area contributed by atoms with E-state index in [0.29, 0.717) is 33.9 Å². The third-order valence-electron chi connectivity index (χ3n) is 5.15. The fourth-order valence-corrected chi connectivity index (χ4v) is 4.67. The summed E-state index contributed by atoms with van der Waals surface area (Å²) in [4.78, 5) is 39.4. The van der Waals surface area contributed by atoms with Crippen LogP contribution in [0.15, 0.2) is 77.7 Å². The van der Waals surface area contributed by atoms with E-state index in [0.717, 1.165) is 5.56 Å². The highest BCUT2D eigenvalue weighted by atomic mass is 32.2. The van der Waals surface area contributed by atoms with E-state index in [1.165, 1.54) is 0 Å². The summed E-state index contributed by atoms with van der Waals surface area (Å²) in [7, 11) is -1.46. The molecule has 1 heterocycles. The second-order valence-electron chi connectivity index (χ2n) is 7.39. The summed E-state index contributed by atoms with van der Waals surface area (Å²) in [5.41, 5.74) is 2.63. The topological polar surface area (TPSA) is 92.8 Å². The molecular formula is C25H22N2O5S. The summed E-state index contributed by atoms with van der Waals surface area (Å²) < 4.78 is 17.5. The summed E-state index contributed by atoms with van der Waals surface area (Å²) >= 11 is 0. The predicted octanol–water partition coefficient (Wildman–Crippen LogP) is 3.77. The van der Waals surface area contributed by atoms with Gasteiger partial charge in [0.15, 0.2) is 0 Å². The number of hydrogen-bond donors (Lipinski definition) is 1. The fourth-order valence-electron chi connectivity index (χ4n) is 3.51. The molecular weight excluding hydrogens is 440 g/mol. The standard InChI is InChI=1S/C25H22N2O5S/c1-2-32-25(30)18-8-11-20(12-9-18)26-24(29)19-10-13-22-21(14-19)27(23(28)16-33(22)31)15-17-6-4-3-5-7-17/h3-14H,2,15-16H2,1H3,(H,26,29). The van der Waals surface area contributed by atoms with Crippen LogP contribution in [-0.4, -0.2) is 34.4 Å². The molecule has 168 valence electrons. The van der Waals surface area contributed by atoms with E-state index in [1.54, 1.807) is 54.3 Å². The lowest BCUT2D eigenvalue weighted by atomic mass is 10.1. The van der Waals surface area contributed by atoms with Gasteiger partial charge in [-0.2, -0.15) is 0 Å². The molecule has 33 heavy (non-hydrogen) atoms. The first-order valence-corrected chi connectivity index (χ1v) is 11.7. The Bertz CT molecular complexity index is 1230. The van der Waals surface area contributed by atoms with Gasteiger partial charge in [-0.3, -0.25) is 13.8 Å². The van der Waals surface area contributed by atoms with Gasteiger partial charge in [0.05, 0.1) is 40.1 Å². The lowest BCUT2D eigenvalue weighted by Gasteiger charge is -2.29. The molecule has 8 heteroatoms. The maximum atomic E-state index is 12.9. The Hall–Kier alpha value is -3.78. The molecule has 3 aromatic carbocycles. The number of rotatable bonds is 6. The normalized spacial score (nSPS) is 15.0. The predicted molar refractivity (Wildman–Crippen MR) is 126 cm³/mol. The van der Waals surface area contributed by atoms with E-state index in [1.807, 2.05) is 30.3 Å². The van der Waals surface area contributed by atoms with Crippen molar-refractivity contribution in [2.24, 2.45) is 0 Å². The van der Waals surface area contributed by atoms with Crippen LogP contribution in [0, 0.1) is 0 Å². The highest BCUT2D eigenvalue weighted by Gasteiger charge is 2.30. The van der Waals surface area contributed by atoms with Crippen molar-refractivity contribution in [1.29, 1.82) is 0 Å². The number of fused-ring (bicyclic) bond motifs is 1. The van der Waals surface area contributed by atoms with Crippen molar-refractivity contribution in [2.45, 2.75) is 18.4 Å². The molecule has 1 aliphatic heterocycles. The van der Waals surface area contributed by atoms with E-state index < -0.39 is 16.8 Å². The van der Waals surface area contributed by atoms with Gasteiger partial charge in [0.1, 0.15) is 5.75 Å². The summed E-state index contributed by atoms with van der Waals surface area (Å²) in [6.45, 7) is 2.34. The zero-order valence-corrected chi connectivity index (χ0v) is 18.8. The smallest absolute Gasteiger partial charge is 0.338 e. The van der Waals surface area contributed by atoms with Gasteiger partial charge in [-0.1, -0.05) is 30.3 Å². The fraction of sp³-hybridized carbons (Fsp3) is 0.160. The van der Waals surface area contributed by atoms with Crippen LogP contribution < -0.4 is 10.2 Å². The molecule has 0 spiro atoms. The third kappa shape index (κ3) is 5.01. The van der Waals surface area contributed by atoms with Gasteiger partial charge in [-0.05, 0) is 55.0 Å². The first-order chi connectivity index (χ1) is 16.0. The minimum atomic E-state index is -1.46. The first kappa shape index (κ1) is 22.4. The second-order valence-corrected chi connectivity index (χ2v) is 8.81. The summed E-state index contributed by atoms with van der Waals surface area (Å²) in [5.74, 6) is -1.15. The molecule has 7 nitrogen and oxygen atoms in total. The quantitative estimate of drug-likeness (QED) is 0.563. The van der Waals surface area contributed by atoms with Crippen molar-refractivity contribution in [2.75, 3.05) is 22.6 Å². The molecule has 0 radical (unpaired) electrons. The van der Waals surface area contributed by atoms with Crippen LogP contribution in [0.2, 0.25) is 0 Å². The number of hydrogen-bond acceptors (Lipinski definition) is 5. The highest BCUT2D eigenvalue weighted by Crippen LogP contribution is 2.31. The molecule has 0 aromatic heterocycles. The van der Waals surface area contributed by atoms with E-state index in [9.17, 15) is 18.6 Å². The minimum absolute atomic E-state index is 0.0851. The largest absolute Gasteiger partial charge is 0.462 e. The number of nitrogens with zero attached hydrogens (tertiary/aromatic N) is 1. The molecule has 2 amide bonds. The Morgan fingerprint density at radius 2 is 1.70 bits per heavy atom. The summed E-state index contributed by atoms with van der Waals surface area (Å²) in [6, 6.07) is 20.7. The molecule has 0 bridgehead atoms. The number of carbonyl (C=O) groups is 3. The molecule has 1 N–H and O–H groups in total. The van der Waals surface area contributed by atoms with Crippen molar-refractivity contribution >= 4 is 40.0 Å². The molecule has 4 rings (SSSR count). The summed E-state index contributed by atoms with van der Waals surface area (Å²) in [5, 5.41) is 2.78. The highest BCUT2D eigenvalue weighted by molar-refractivity contribution is 7.86. The Morgan fingerprint density at radius 3 is 2.39 bits per heavy atom. The number of ether oxygens (including phenoxy) is 1. The lowest BCUT2D eigenvalue weighted by molar-refractivity contribution is -0.116. The molecule has 1 unspecified atom stereocenters. The van der Waals surface area contributed by atoms with E-state index in [-0.39, 0.29) is 24.2 Å². The molecule has 0 aliphatic carbocycles. The number of amides is 2. The Morgan fingerprint density at radius 1 is 1.00 bits per heavy atom. The van der Waals surface area contributed by atoms with Crippen molar-refractivity contribution < 1.29 is 23.3 Å². The van der Waals surface area contributed by atoms with Crippen LogP contribution in [0.5, 0.6) is 0 Å². The van der Waals surface area contributed by atoms with Crippen molar-refractivity contribution in [3.05, 3.63) is 89.5 Å². The van der Waals surface area contributed by atoms with Crippen molar-refractivity contribution in [3.63, 3.8) is 0 Å². The number of anilines is 2. The molecule has 0 fully saturated rings. The van der Waals surface area contributed by atoms with Gasteiger partial charge in [-0.15, -0.1) is 0 Å². The van der Waals surface area contributed by atoms with Crippen molar-refractivity contribution in [3.8, 4) is 0 Å². The zero-order chi connectivity index (χ0) is 23.4. The number of carbonyl (C=O) groups excluding carboxylic acids is 3. The molecule has 1 atom stereocenters. The van der Waals surface area contributed by atoms with E-state index in [2.05, 4.69) is 5.32 Å². The van der Waals surface area contributed by atoms with Crippen LogP contribution in [0.3, 0.4) is 0 Å². The number of esters is 1. The van der Waals surface area contributed by atoms with Crippen LogP contribution in [0.1, 0.15) is 33.2 Å². The van der Waals surface area contributed by atoms with Crippen LogP contribution >= 0.6 is 0 Å². The van der Waals surface area contributed by atoms with Gasteiger partial charge >= 0.3 is 5.97 Å². The maximum absolute atomic E-state index is 12.9. The van der Waals surface area contributed by atoms with Crippen LogP contribution in [0.4, 0.5) is 11.4 Å². The van der Waals surface area contributed by atoms with Crippen molar-refractivity contribution in [1.82, 2.24) is 0 Å². The molecule has 0 saturated carbocycles. The lowest BCUT2D eigenvalue weighted by Crippen LogP contribution is -2.38. The average molecular weight is 463 g/mol. The number of nitrogens with one attached hydrogen (secondary N) is 1. The van der Waals surface area contributed by atoms with Gasteiger partial charge < -0.3 is 15.0 Å². The zero-order valence-electron chi connectivity index (χ0n) is 17.9. The van der Waals surface area contributed by atoms with E-state index in [4.69, 9.17) is 4.74 Å². The summed E-state index contributed by atoms with van der Waals surface area (Å²) in [6.07, 6.45) is 0. The maximum Gasteiger partial charge on any atom is 0.338 e. The molecule has 0 saturated heterocycles. The number of benzene rings is 3. The third-order valence-corrected chi connectivity index (χ3v) is 6.50. The van der Waals surface area contributed by atoms with Crippen LogP contribution in [-0.2, 0) is 26.9 Å². The van der Waals surface area contributed by atoms with Gasteiger partial charge in [0.2, 0.25) is 5.91 Å². The second kappa shape index (κ2) is 9.79. The minimum Gasteiger partial charge on any atom is -0.462 e. The van der Waals surface area contributed by atoms with Crippen LogP contribution in [0.25, 0.3) is 0 Å². The average Bonchev–Trinajstić information content (AvgIpc) is 2.82. The first-order valence-electron chi connectivity index (χ1n) is 10.4. The molecule has 1 aliphatic rings. The Kier molecular flexibility index (Phi) is 6.65. The van der Waals surface area contributed by atoms with Gasteiger partial charge in [0, 0.05) is 11.3 Å². The monoisotopic (exact) mass is 462 g/mol.